The Bertz CT molecular complexity index is 866. The molecule has 0 fully saturated rings. The minimum absolute atomic E-state index is 0.415. The SMILES string of the molecule is Cc1cc(Br)c2nc(-c3ccc(Br)cc3Cl)nc(Cl)c2c1. The zero-order valence-corrected chi connectivity index (χ0v) is 15.5. The summed E-state index contributed by atoms with van der Waals surface area (Å²) in [5, 5.41) is 1.81. The quantitative estimate of drug-likeness (QED) is 0.402. The molecule has 1 heterocycles. The lowest BCUT2D eigenvalue weighted by molar-refractivity contribution is 1.22. The number of hydrogen-bond acceptors (Lipinski definition) is 2. The smallest absolute Gasteiger partial charge is 0.163 e. The predicted octanol–water partition coefficient (Wildman–Crippen LogP) is 6.44. The fourth-order valence-electron chi connectivity index (χ4n) is 2.08. The van der Waals surface area contributed by atoms with Crippen molar-refractivity contribution >= 4 is 66.0 Å². The number of aryl methyl sites for hydroxylation is 1. The Morgan fingerprint density at radius 2 is 1.76 bits per heavy atom. The maximum Gasteiger partial charge on any atom is 0.163 e. The van der Waals surface area contributed by atoms with Gasteiger partial charge in [-0.1, -0.05) is 39.1 Å². The maximum absolute atomic E-state index is 6.32. The van der Waals surface area contributed by atoms with Crippen LogP contribution in [0.2, 0.25) is 10.2 Å². The number of nitrogens with zero attached hydrogens (tertiary/aromatic N) is 2. The van der Waals surface area contributed by atoms with Crippen LogP contribution in [0.25, 0.3) is 22.3 Å². The van der Waals surface area contributed by atoms with Gasteiger partial charge in [0.1, 0.15) is 5.15 Å². The van der Waals surface area contributed by atoms with E-state index in [1.54, 1.807) is 0 Å². The van der Waals surface area contributed by atoms with Gasteiger partial charge in [-0.3, -0.25) is 0 Å². The van der Waals surface area contributed by atoms with Gasteiger partial charge in [-0.2, -0.15) is 0 Å². The number of aromatic nitrogens is 2. The van der Waals surface area contributed by atoms with Crippen molar-refractivity contribution in [3.8, 4) is 11.4 Å². The summed E-state index contributed by atoms with van der Waals surface area (Å²) >= 11 is 19.5. The highest BCUT2D eigenvalue weighted by molar-refractivity contribution is 9.11. The fraction of sp³-hybridized carbons (Fsp3) is 0.0667. The largest absolute Gasteiger partial charge is 0.227 e. The van der Waals surface area contributed by atoms with E-state index in [1.807, 2.05) is 37.3 Å². The molecule has 0 aliphatic carbocycles. The Morgan fingerprint density at radius 1 is 1.00 bits per heavy atom. The monoisotopic (exact) mass is 444 g/mol. The third-order valence-corrected chi connectivity index (χ3v) is 4.72. The molecular formula is C15H8Br2Cl2N2. The molecule has 1 aromatic heterocycles. The van der Waals surface area contributed by atoms with Crippen LogP contribution >= 0.6 is 55.1 Å². The summed E-state index contributed by atoms with van der Waals surface area (Å²) in [5.74, 6) is 0.509. The highest BCUT2D eigenvalue weighted by Crippen LogP contribution is 2.33. The second-order valence-electron chi connectivity index (χ2n) is 4.61. The molecule has 0 saturated heterocycles. The molecule has 0 atom stereocenters. The molecule has 0 aliphatic heterocycles. The number of hydrogen-bond donors (Lipinski definition) is 0. The molecule has 0 radical (unpaired) electrons. The molecule has 0 N–H and O–H groups in total. The van der Waals surface area contributed by atoms with E-state index < -0.39 is 0 Å². The van der Waals surface area contributed by atoms with Crippen LogP contribution in [-0.4, -0.2) is 9.97 Å². The number of fused-ring (bicyclic) bond motifs is 1. The molecule has 6 heteroatoms. The average molecular weight is 447 g/mol. The molecule has 0 saturated carbocycles. The maximum atomic E-state index is 6.32. The van der Waals surface area contributed by atoms with E-state index in [4.69, 9.17) is 23.2 Å². The Labute approximate surface area is 148 Å². The first-order valence-corrected chi connectivity index (χ1v) is 8.39. The van der Waals surface area contributed by atoms with Crippen LogP contribution in [0.15, 0.2) is 39.3 Å². The topological polar surface area (TPSA) is 25.8 Å². The zero-order chi connectivity index (χ0) is 15.1. The van der Waals surface area contributed by atoms with E-state index in [0.717, 1.165) is 31.0 Å². The van der Waals surface area contributed by atoms with Gasteiger partial charge in [0.2, 0.25) is 0 Å². The van der Waals surface area contributed by atoms with Gasteiger partial charge < -0.3 is 0 Å². The highest BCUT2D eigenvalue weighted by atomic mass is 79.9. The first kappa shape index (κ1) is 15.2. The lowest BCUT2D eigenvalue weighted by atomic mass is 10.1. The number of benzene rings is 2. The van der Waals surface area contributed by atoms with Gasteiger partial charge in [0.05, 0.1) is 10.5 Å². The van der Waals surface area contributed by atoms with Crippen molar-refractivity contribution in [1.29, 1.82) is 0 Å². The van der Waals surface area contributed by atoms with Crippen LogP contribution in [0.3, 0.4) is 0 Å². The second-order valence-corrected chi connectivity index (χ2v) is 7.14. The van der Waals surface area contributed by atoms with Crippen molar-refractivity contribution in [2.45, 2.75) is 6.92 Å². The summed E-state index contributed by atoms with van der Waals surface area (Å²) in [6.07, 6.45) is 0. The summed E-state index contributed by atoms with van der Waals surface area (Å²) in [5.41, 5.74) is 2.61. The minimum atomic E-state index is 0.415. The molecular weight excluding hydrogens is 439 g/mol. The summed E-state index contributed by atoms with van der Waals surface area (Å²) in [7, 11) is 0. The van der Waals surface area contributed by atoms with Crippen LogP contribution in [0.4, 0.5) is 0 Å². The molecule has 0 bridgehead atoms. The van der Waals surface area contributed by atoms with Gasteiger partial charge in [0, 0.05) is 19.9 Å². The summed E-state index contributed by atoms with van der Waals surface area (Å²) in [6, 6.07) is 9.54. The van der Waals surface area contributed by atoms with Crippen molar-refractivity contribution in [2.24, 2.45) is 0 Å². The van der Waals surface area contributed by atoms with Crippen LogP contribution < -0.4 is 0 Å². The first-order chi connectivity index (χ1) is 9.95. The van der Waals surface area contributed by atoms with Crippen LogP contribution in [0.5, 0.6) is 0 Å². The van der Waals surface area contributed by atoms with Gasteiger partial charge in [0.25, 0.3) is 0 Å². The number of rotatable bonds is 1. The molecule has 0 aliphatic rings. The fourth-order valence-corrected chi connectivity index (χ4v) is 3.73. The molecule has 21 heavy (non-hydrogen) atoms. The van der Waals surface area contributed by atoms with Gasteiger partial charge in [-0.25, -0.2) is 9.97 Å². The van der Waals surface area contributed by atoms with Gasteiger partial charge in [-0.05, 0) is 58.7 Å². The summed E-state index contributed by atoms with van der Waals surface area (Å²) in [6.45, 7) is 2.00. The van der Waals surface area contributed by atoms with Crippen molar-refractivity contribution in [1.82, 2.24) is 9.97 Å². The van der Waals surface area contributed by atoms with Crippen LogP contribution in [0, 0.1) is 6.92 Å². The Kier molecular flexibility index (Phi) is 4.23. The molecule has 3 aromatic rings. The Hall–Kier alpha value is -0.680. The van der Waals surface area contributed by atoms with Crippen LogP contribution in [-0.2, 0) is 0 Å². The molecule has 106 valence electrons. The van der Waals surface area contributed by atoms with E-state index in [1.165, 1.54) is 0 Å². The molecule has 0 spiro atoms. The molecule has 2 aromatic carbocycles. The average Bonchev–Trinajstić information content (AvgIpc) is 2.40. The Morgan fingerprint density at radius 3 is 2.48 bits per heavy atom. The van der Waals surface area contributed by atoms with Crippen molar-refractivity contribution in [3.05, 3.63) is 55.0 Å². The van der Waals surface area contributed by atoms with Crippen LogP contribution in [0.1, 0.15) is 5.56 Å². The summed E-state index contributed by atoms with van der Waals surface area (Å²) < 4.78 is 1.79. The van der Waals surface area contributed by atoms with E-state index >= 15 is 0 Å². The third kappa shape index (κ3) is 2.95. The van der Waals surface area contributed by atoms with Gasteiger partial charge in [0.15, 0.2) is 5.82 Å². The van der Waals surface area contributed by atoms with Crippen molar-refractivity contribution < 1.29 is 0 Å². The van der Waals surface area contributed by atoms with Gasteiger partial charge in [-0.15, -0.1) is 0 Å². The lowest BCUT2D eigenvalue weighted by Crippen LogP contribution is -1.94. The molecule has 2 nitrogen and oxygen atoms in total. The predicted molar refractivity (Wildman–Crippen MR) is 95.1 cm³/mol. The lowest BCUT2D eigenvalue weighted by Gasteiger charge is -2.08. The van der Waals surface area contributed by atoms with E-state index in [9.17, 15) is 0 Å². The first-order valence-electron chi connectivity index (χ1n) is 6.04. The van der Waals surface area contributed by atoms with Crippen molar-refractivity contribution in [2.75, 3.05) is 0 Å². The molecule has 3 rings (SSSR count). The second kappa shape index (κ2) is 5.84. The zero-order valence-electron chi connectivity index (χ0n) is 10.8. The third-order valence-electron chi connectivity index (χ3n) is 3.02. The van der Waals surface area contributed by atoms with E-state index in [-0.39, 0.29) is 0 Å². The highest BCUT2D eigenvalue weighted by Gasteiger charge is 2.13. The standard InChI is InChI=1S/C15H8Br2Cl2N2/c1-7-4-10-13(11(17)5-7)20-15(21-14(10)19)9-3-2-8(16)6-12(9)18/h2-6H,1H3. The summed E-state index contributed by atoms with van der Waals surface area (Å²) in [4.78, 5) is 8.97. The van der Waals surface area contributed by atoms with E-state index in [2.05, 4.69) is 41.8 Å². The van der Waals surface area contributed by atoms with Crippen molar-refractivity contribution in [3.63, 3.8) is 0 Å². The minimum Gasteiger partial charge on any atom is -0.227 e. The normalized spacial score (nSPS) is 11.1. The molecule has 0 unspecified atom stereocenters. The molecule has 0 amide bonds. The Balaban J connectivity index is 2.30. The van der Waals surface area contributed by atoms with E-state index in [0.29, 0.717) is 16.0 Å². The van der Waals surface area contributed by atoms with Gasteiger partial charge >= 0.3 is 0 Å². The number of halogens is 4.